The van der Waals surface area contributed by atoms with Crippen LogP contribution in [0.25, 0.3) is 11.3 Å². The van der Waals surface area contributed by atoms with E-state index < -0.39 is 23.6 Å². The number of aromatic amines is 1. The van der Waals surface area contributed by atoms with E-state index in [4.69, 9.17) is 0 Å². The lowest BCUT2D eigenvalue weighted by molar-refractivity contribution is 0.0872. The van der Waals surface area contributed by atoms with Crippen LogP contribution in [-0.4, -0.2) is 33.9 Å². The van der Waals surface area contributed by atoms with Crippen molar-refractivity contribution < 1.29 is 18.7 Å². The first kappa shape index (κ1) is 16.1. The number of aromatic nitrogens is 2. The Morgan fingerprint density at radius 3 is 2.59 bits per heavy atom. The van der Waals surface area contributed by atoms with Crippen LogP contribution in [0.1, 0.15) is 24.2 Å². The maximum absolute atomic E-state index is 13.8. The van der Waals surface area contributed by atoms with Gasteiger partial charge in [-0.25, -0.2) is 8.78 Å². The van der Waals surface area contributed by atoms with Gasteiger partial charge in [0, 0.05) is 6.54 Å². The van der Waals surface area contributed by atoms with Crippen molar-refractivity contribution in [3.05, 3.63) is 41.6 Å². The molecule has 0 radical (unpaired) electrons. The fourth-order valence-electron chi connectivity index (χ4n) is 1.91. The minimum Gasteiger partial charge on any atom is -0.391 e. The van der Waals surface area contributed by atoms with E-state index in [0.717, 1.165) is 12.1 Å². The van der Waals surface area contributed by atoms with Crippen molar-refractivity contribution in [3.8, 4) is 11.3 Å². The quantitative estimate of drug-likeness (QED) is 0.791. The Kier molecular flexibility index (Phi) is 4.87. The van der Waals surface area contributed by atoms with E-state index in [-0.39, 0.29) is 29.3 Å². The molecule has 0 spiro atoms. The van der Waals surface area contributed by atoms with Crippen LogP contribution in [0.4, 0.5) is 8.78 Å². The van der Waals surface area contributed by atoms with E-state index in [2.05, 4.69) is 15.5 Å². The Morgan fingerprint density at radius 1 is 1.36 bits per heavy atom. The Labute approximate surface area is 126 Å². The van der Waals surface area contributed by atoms with E-state index in [0.29, 0.717) is 0 Å². The largest absolute Gasteiger partial charge is 0.391 e. The number of nitrogens with one attached hydrogen (secondary N) is 2. The summed E-state index contributed by atoms with van der Waals surface area (Å²) in [5.74, 6) is -2.17. The molecule has 1 aromatic heterocycles. The van der Waals surface area contributed by atoms with Gasteiger partial charge in [-0.1, -0.05) is 19.9 Å². The number of halogens is 2. The molecule has 7 heteroatoms. The predicted octanol–water partition coefficient (Wildman–Crippen LogP) is 2.10. The van der Waals surface area contributed by atoms with Crippen LogP contribution in [0.2, 0.25) is 0 Å². The molecule has 0 aliphatic rings. The van der Waals surface area contributed by atoms with Crippen LogP contribution in [0.15, 0.2) is 24.4 Å². The lowest BCUT2D eigenvalue weighted by atomic mass is 10.1. The third-order valence-corrected chi connectivity index (χ3v) is 3.34. The molecule has 0 fully saturated rings. The van der Waals surface area contributed by atoms with Gasteiger partial charge in [-0.2, -0.15) is 5.10 Å². The van der Waals surface area contributed by atoms with Crippen LogP contribution in [0.3, 0.4) is 0 Å². The van der Waals surface area contributed by atoms with Crippen molar-refractivity contribution in [2.75, 3.05) is 6.54 Å². The van der Waals surface area contributed by atoms with Gasteiger partial charge in [0.05, 0.1) is 29.1 Å². The number of aliphatic hydroxyl groups excluding tert-OH is 1. The van der Waals surface area contributed by atoms with Crippen LogP contribution in [0, 0.1) is 17.6 Å². The van der Waals surface area contributed by atoms with Gasteiger partial charge in [-0.3, -0.25) is 9.89 Å². The molecular weight excluding hydrogens is 292 g/mol. The third-order valence-electron chi connectivity index (χ3n) is 3.34. The monoisotopic (exact) mass is 309 g/mol. The number of carbonyl (C=O) groups is 1. The molecular formula is C15H17F2N3O2. The average Bonchev–Trinajstić information content (AvgIpc) is 2.93. The molecule has 5 nitrogen and oxygen atoms in total. The highest BCUT2D eigenvalue weighted by Crippen LogP contribution is 2.26. The second-order valence-electron chi connectivity index (χ2n) is 5.28. The molecule has 118 valence electrons. The molecule has 1 atom stereocenters. The molecule has 1 unspecified atom stereocenters. The Balaban J connectivity index is 2.25. The summed E-state index contributed by atoms with van der Waals surface area (Å²) in [6.07, 6.45) is 0.489. The zero-order chi connectivity index (χ0) is 16.3. The lowest BCUT2D eigenvalue weighted by Gasteiger charge is -2.15. The molecule has 22 heavy (non-hydrogen) atoms. The molecule has 0 bridgehead atoms. The molecule has 2 aromatic rings. The fourth-order valence-corrected chi connectivity index (χ4v) is 1.91. The topological polar surface area (TPSA) is 78.0 Å². The maximum atomic E-state index is 13.8. The maximum Gasteiger partial charge on any atom is 0.255 e. The molecule has 1 heterocycles. The molecule has 0 aliphatic heterocycles. The van der Waals surface area contributed by atoms with Crippen molar-refractivity contribution in [2.24, 2.45) is 5.92 Å². The lowest BCUT2D eigenvalue weighted by Crippen LogP contribution is -2.34. The summed E-state index contributed by atoms with van der Waals surface area (Å²) in [6, 6.07) is 3.44. The second-order valence-corrected chi connectivity index (χ2v) is 5.28. The summed E-state index contributed by atoms with van der Waals surface area (Å²) < 4.78 is 27.6. The zero-order valence-corrected chi connectivity index (χ0v) is 12.2. The Morgan fingerprint density at radius 2 is 2.00 bits per heavy atom. The summed E-state index contributed by atoms with van der Waals surface area (Å²) in [5.41, 5.74) is -0.360. The van der Waals surface area contributed by atoms with E-state index in [1.807, 2.05) is 13.8 Å². The Bertz CT molecular complexity index is 650. The predicted molar refractivity (Wildman–Crippen MR) is 77.1 cm³/mol. The van der Waals surface area contributed by atoms with Crippen molar-refractivity contribution in [3.63, 3.8) is 0 Å². The highest BCUT2D eigenvalue weighted by atomic mass is 19.1. The van der Waals surface area contributed by atoms with Crippen molar-refractivity contribution in [1.82, 2.24) is 15.5 Å². The molecule has 2 rings (SSSR count). The van der Waals surface area contributed by atoms with Crippen molar-refractivity contribution in [2.45, 2.75) is 20.0 Å². The molecule has 0 aliphatic carbocycles. The van der Waals surface area contributed by atoms with Gasteiger partial charge in [0.1, 0.15) is 11.6 Å². The van der Waals surface area contributed by atoms with Crippen LogP contribution in [-0.2, 0) is 0 Å². The Hall–Kier alpha value is -2.28. The van der Waals surface area contributed by atoms with Gasteiger partial charge in [0.15, 0.2) is 0 Å². The summed E-state index contributed by atoms with van der Waals surface area (Å²) in [4.78, 5) is 12.1. The number of H-pyrrole nitrogens is 1. The van der Waals surface area contributed by atoms with E-state index in [9.17, 15) is 18.7 Å². The highest BCUT2D eigenvalue weighted by molar-refractivity contribution is 5.99. The van der Waals surface area contributed by atoms with Gasteiger partial charge < -0.3 is 10.4 Å². The standard InChI is InChI=1S/C15H17F2N3O2/c1-8(2)12(21)7-18-15(22)9-6-19-20-14(9)13-10(16)4-3-5-11(13)17/h3-6,8,12,21H,7H2,1-2H3,(H,18,22)(H,19,20). The van der Waals surface area contributed by atoms with Gasteiger partial charge in [-0.05, 0) is 18.1 Å². The van der Waals surface area contributed by atoms with E-state index in [1.54, 1.807) is 0 Å². The number of aliphatic hydroxyl groups is 1. The van der Waals surface area contributed by atoms with Crippen LogP contribution in [0.5, 0.6) is 0 Å². The molecule has 3 N–H and O–H groups in total. The summed E-state index contributed by atoms with van der Waals surface area (Å²) in [5, 5.41) is 18.3. The first-order valence-electron chi connectivity index (χ1n) is 6.85. The minimum atomic E-state index is -0.791. The number of hydrogen-bond donors (Lipinski definition) is 3. The highest BCUT2D eigenvalue weighted by Gasteiger charge is 2.21. The van der Waals surface area contributed by atoms with Gasteiger partial charge >= 0.3 is 0 Å². The van der Waals surface area contributed by atoms with E-state index in [1.165, 1.54) is 12.3 Å². The van der Waals surface area contributed by atoms with Crippen molar-refractivity contribution >= 4 is 5.91 Å². The third kappa shape index (κ3) is 3.30. The van der Waals surface area contributed by atoms with Crippen LogP contribution >= 0.6 is 0 Å². The number of nitrogens with zero attached hydrogens (tertiary/aromatic N) is 1. The molecule has 0 saturated heterocycles. The smallest absolute Gasteiger partial charge is 0.255 e. The summed E-state index contributed by atoms with van der Waals surface area (Å²) in [7, 11) is 0. The van der Waals surface area contributed by atoms with Crippen molar-refractivity contribution in [1.29, 1.82) is 0 Å². The number of amides is 1. The molecule has 0 saturated carbocycles. The first-order valence-corrected chi connectivity index (χ1v) is 6.85. The van der Waals surface area contributed by atoms with Gasteiger partial charge in [-0.15, -0.1) is 0 Å². The zero-order valence-electron chi connectivity index (χ0n) is 12.2. The summed E-state index contributed by atoms with van der Waals surface area (Å²) in [6.45, 7) is 3.67. The fraction of sp³-hybridized carbons (Fsp3) is 0.333. The van der Waals surface area contributed by atoms with Gasteiger partial charge in [0.2, 0.25) is 0 Å². The number of carbonyl (C=O) groups excluding carboxylic acids is 1. The second kappa shape index (κ2) is 6.65. The summed E-state index contributed by atoms with van der Waals surface area (Å²) >= 11 is 0. The SMILES string of the molecule is CC(C)C(O)CNC(=O)c1cn[nH]c1-c1c(F)cccc1F. The minimum absolute atomic E-state index is 0.0138. The average molecular weight is 309 g/mol. The number of rotatable bonds is 5. The van der Waals surface area contributed by atoms with E-state index >= 15 is 0 Å². The number of hydrogen-bond acceptors (Lipinski definition) is 3. The van der Waals surface area contributed by atoms with Gasteiger partial charge in [0.25, 0.3) is 5.91 Å². The normalized spacial score (nSPS) is 12.5. The molecule has 1 aromatic carbocycles. The number of benzene rings is 1. The molecule has 1 amide bonds. The van der Waals surface area contributed by atoms with Crippen LogP contribution < -0.4 is 5.32 Å². The first-order chi connectivity index (χ1) is 10.4.